The van der Waals surface area contributed by atoms with E-state index in [2.05, 4.69) is 0 Å². The van der Waals surface area contributed by atoms with Gasteiger partial charge in [-0.15, -0.1) is 0 Å². The van der Waals surface area contributed by atoms with E-state index < -0.39 is 12.2 Å². The van der Waals surface area contributed by atoms with Crippen LogP contribution in [0.15, 0.2) is 18.2 Å². The van der Waals surface area contributed by atoms with Crippen molar-refractivity contribution in [2.24, 2.45) is 0 Å². The SMILES string of the molecule is CCC(O)C(O)CCc1cc(F)ccc1OC. The summed E-state index contributed by atoms with van der Waals surface area (Å²) in [4.78, 5) is 0. The summed E-state index contributed by atoms with van der Waals surface area (Å²) in [6.45, 7) is 1.80. The maximum atomic E-state index is 13.1. The van der Waals surface area contributed by atoms with E-state index in [9.17, 15) is 14.6 Å². The van der Waals surface area contributed by atoms with Crippen molar-refractivity contribution < 1.29 is 19.3 Å². The number of methoxy groups -OCH3 is 1. The van der Waals surface area contributed by atoms with Gasteiger partial charge in [-0.1, -0.05) is 6.92 Å². The van der Waals surface area contributed by atoms with Crippen molar-refractivity contribution in [2.45, 2.75) is 38.4 Å². The Kier molecular flexibility index (Phi) is 5.38. The van der Waals surface area contributed by atoms with Crippen LogP contribution in [0.2, 0.25) is 0 Å². The van der Waals surface area contributed by atoms with E-state index in [0.717, 1.165) is 0 Å². The summed E-state index contributed by atoms with van der Waals surface area (Å²) in [7, 11) is 1.52. The molecule has 0 bridgehead atoms. The Morgan fingerprint density at radius 1 is 1.29 bits per heavy atom. The molecule has 0 aliphatic carbocycles. The van der Waals surface area contributed by atoms with Crippen LogP contribution in [0.4, 0.5) is 4.39 Å². The molecule has 0 spiro atoms. The van der Waals surface area contributed by atoms with Gasteiger partial charge >= 0.3 is 0 Å². The number of aryl methyl sites for hydroxylation is 1. The van der Waals surface area contributed by atoms with Gasteiger partial charge in [0.05, 0.1) is 19.3 Å². The second-order valence-corrected chi connectivity index (χ2v) is 4.04. The second-order valence-electron chi connectivity index (χ2n) is 4.04. The van der Waals surface area contributed by atoms with Gasteiger partial charge in [-0.2, -0.15) is 0 Å². The van der Waals surface area contributed by atoms with E-state index in [1.807, 2.05) is 0 Å². The number of hydrogen-bond donors (Lipinski definition) is 2. The fourth-order valence-corrected chi connectivity index (χ4v) is 1.71. The molecule has 0 aliphatic rings. The number of rotatable bonds is 6. The van der Waals surface area contributed by atoms with E-state index >= 15 is 0 Å². The van der Waals surface area contributed by atoms with Crippen LogP contribution in [0.5, 0.6) is 5.75 Å². The third-order valence-electron chi connectivity index (χ3n) is 2.81. The molecule has 0 heterocycles. The number of benzene rings is 1. The first-order chi connectivity index (χ1) is 8.08. The molecule has 0 fully saturated rings. The minimum atomic E-state index is -0.784. The lowest BCUT2D eigenvalue weighted by molar-refractivity contribution is 0.0130. The average Bonchev–Trinajstić information content (AvgIpc) is 2.35. The molecule has 0 amide bonds. The van der Waals surface area contributed by atoms with Gasteiger partial charge in [0.2, 0.25) is 0 Å². The Morgan fingerprint density at radius 2 is 2.00 bits per heavy atom. The Morgan fingerprint density at radius 3 is 2.59 bits per heavy atom. The Hall–Kier alpha value is -1.13. The molecule has 17 heavy (non-hydrogen) atoms. The molecular formula is C13H19FO3. The van der Waals surface area contributed by atoms with E-state index in [4.69, 9.17) is 4.74 Å². The highest BCUT2D eigenvalue weighted by Crippen LogP contribution is 2.21. The quantitative estimate of drug-likeness (QED) is 0.801. The molecule has 0 saturated carbocycles. The van der Waals surface area contributed by atoms with E-state index in [1.165, 1.54) is 19.2 Å². The highest BCUT2D eigenvalue weighted by molar-refractivity contribution is 5.34. The van der Waals surface area contributed by atoms with Gasteiger partial charge in [0, 0.05) is 0 Å². The molecule has 0 radical (unpaired) electrons. The minimum absolute atomic E-state index is 0.327. The predicted octanol–water partition coefficient (Wildman–Crippen LogP) is 1.90. The smallest absolute Gasteiger partial charge is 0.123 e. The van der Waals surface area contributed by atoms with Crippen LogP contribution in [0.25, 0.3) is 0 Å². The maximum absolute atomic E-state index is 13.1. The molecule has 0 aliphatic heterocycles. The largest absolute Gasteiger partial charge is 0.496 e. The van der Waals surface area contributed by atoms with Crippen molar-refractivity contribution in [2.75, 3.05) is 7.11 Å². The average molecular weight is 242 g/mol. The zero-order valence-electron chi connectivity index (χ0n) is 10.2. The van der Waals surface area contributed by atoms with E-state index in [-0.39, 0.29) is 5.82 Å². The fourth-order valence-electron chi connectivity index (χ4n) is 1.71. The summed E-state index contributed by atoms with van der Waals surface area (Å²) in [5.74, 6) is 0.274. The Balaban J connectivity index is 2.65. The lowest BCUT2D eigenvalue weighted by Crippen LogP contribution is -2.25. The van der Waals surface area contributed by atoms with Crippen molar-refractivity contribution in [3.05, 3.63) is 29.6 Å². The summed E-state index contributed by atoms with van der Waals surface area (Å²) >= 11 is 0. The molecule has 0 saturated heterocycles. The molecule has 1 aromatic rings. The van der Waals surface area contributed by atoms with E-state index in [0.29, 0.717) is 30.6 Å². The van der Waals surface area contributed by atoms with Gasteiger partial charge in [-0.25, -0.2) is 4.39 Å². The van der Waals surface area contributed by atoms with Gasteiger partial charge in [-0.3, -0.25) is 0 Å². The number of aliphatic hydroxyl groups is 2. The number of aliphatic hydroxyl groups excluding tert-OH is 2. The van der Waals surface area contributed by atoms with Crippen molar-refractivity contribution in [1.82, 2.24) is 0 Å². The van der Waals surface area contributed by atoms with Crippen LogP contribution in [-0.2, 0) is 6.42 Å². The second kappa shape index (κ2) is 6.57. The number of ether oxygens (including phenoxy) is 1. The monoisotopic (exact) mass is 242 g/mol. The van der Waals surface area contributed by atoms with Gasteiger partial charge < -0.3 is 14.9 Å². The Bertz CT molecular complexity index is 355. The van der Waals surface area contributed by atoms with Crippen LogP contribution in [0.3, 0.4) is 0 Å². The van der Waals surface area contributed by atoms with Crippen molar-refractivity contribution >= 4 is 0 Å². The summed E-state index contributed by atoms with van der Waals surface area (Å²) in [6.07, 6.45) is -0.155. The maximum Gasteiger partial charge on any atom is 0.123 e. The molecule has 1 rings (SSSR count). The molecular weight excluding hydrogens is 223 g/mol. The molecule has 2 N–H and O–H groups in total. The highest BCUT2D eigenvalue weighted by atomic mass is 19.1. The molecule has 96 valence electrons. The number of halogens is 1. The standard InChI is InChI=1S/C13H19FO3/c1-3-11(15)12(16)6-4-9-8-10(14)5-7-13(9)17-2/h5,7-8,11-12,15-16H,3-4,6H2,1-2H3. The lowest BCUT2D eigenvalue weighted by Gasteiger charge is -2.16. The van der Waals surface area contributed by atoms with Crippen molar-refractivity contribution in [1.29, 1.82) is 0 Å². The van der Waals surface area contributed by atoms with Crippen LogP contribution in [0, 0.1) is 5.82 Å². The summed E-state index contributed by atoms with van der Waals surface area (Å²) < 4.78 is 18.2. The van der Waals surface area contributed by atoms with Crippen LogP contribution >= 0.6 is 0 Å². The van der Waals surface area contributed by atoms with Crippen molar-refractivity contribution in [3.8, 4) is 5.75 Å². The molecule has 4 heteroatoms. The summed E-state index contributed by atoms with van der Waals surface area (Å²) in [5, 5.41) is 19.1. The zero-order chi connectivity index (χ0) is 12.8. The Labute approximate surface area is 101 Å². The molecule has 2 unspecified atom stereocenters. The first-order valence-electron chi connectivity index (χ1n) is 5.77. The predicted molar refractivity (Wildman–Crippen MR) is 63.6 cm³/mol. The first-order valence-corrected chi connectivity index (χ1v) is 5.77. The first kappa shape index (κ1) is 13.9. The van der Waals surface area contributed by atoms with Gasteiger partial charge in [0.25, 0.3) is 0 Å². The van der Waals surface area contributed by atoms with Crippen LogP contribution < -0.4 is 4.74 Å². The third-order valence-corrected chi connectivity index (χ3v) is 2.81. The molecule has 0 aromatic heterocycles. The topological polar surface area (TPSA) is 49.7 Å². The lowest BCUT2D eigenvalue weighted by atomic mass is 10.0. The van der Waals surface area contributed by atoms with Crippen LogP contribution in [0.1, 0.15) is 25.3 Å². The highest BCUT2D eigenvalue weighted by Gasteiger charge is 2.15. The summed E-state index contributed by atoms with van der Waals surface area (Å²) in [5.41, 5.74) is 0.704. The third kappa shape index (κ3) is 3.98. The normalized spacial score (nSPS) is 14.4. The minimum Gasteiger partial charge on any atom is -0.496 e. The molecule has 1 aromatic carbocycles. The molecule has 3 nitrogen and oxygen atoms in total. The van der Waals surface area contributed by atoms with Crippen molar-refractivity contribution in [3.63, 3.8) is 0 Å². The fraction of sp³-hybridized carbons (Fsp3) is 0.538. The van der Waals surface area contributed by atoms with Gasteiger partial charge in [-0.05, 0) is 43.0 Å². The zero-order valence-corrected chi connectivity index (χ0v) is 10.2. The van der Waals surface area contributed by atoms with Gasteiger partial charge in [0.1, 0.15) is 11.6 Å². The summed E-state index contributed by atoms with van der Waals surface area (Å²) in [6, 6.07) is 4.29. The number of hydrogen-bond acceptors (Lipinski definition) is 3. The van der Waals surface area contributed by atoms with E-state index in [1.54, 1.807) is 13.0 Å². The van der Waals surface area contributed by atoms with Crippen LogP contribution in [-0.4, -0.2) is 29.5 Å². The van der Waals surface area contributed by atoms with Gasteiger partial charge in [0.15, 0.2) is 0 Å². The molecule has 2 atom stereocenters.